The second-order valence-electron chi connectivity index (χ2n) is 2.58. The van der Waals surface area contributed by atoms with Gasteiger partial charge in [0.05, 0.1) is 12.3 Å². The maximum atomic E-state index is 10.8. The molecule has 1 N–H and O–H groups in total. The van der Waals surface area contributed by atoms with E-state index in [1.165, 1.54) is 6.21 Å². The number of nitrogens with zero attached hydrogens (tertiary/aromatic N) is 2. The molecule has 1 aromatic rings. The first-order valence-corrected chi connectivity index (χ1v) is 3.97. The molecule has 0 saturated carbocycles. The molecule has 0 spiro atoms. The molecule has 1 aromatic heterocycles. The van der Waals surface area contributed by atoms with Crippen LogP contribution < -0.4 is 5.43 Å². The first-order chi connectivity index (χ1) is 6.72. The molecule has 5 nitrogen and oxygen atoms in total. The zero-order valence-electron chi connectivity index (χ0n) is 7.65. The SMILES string of the molecule is Cc1ccc(/C=N\NC(=O)CC#N)o1. The maximum absolute atomic E-state index is 10.8. The third-order valence-electron chi connectivity index (χ3n) is 1.38. The lowest BCUT2D eigenvalue weighted by atomic mass is 10.4. The van der Waals surface area contributed by atoms with Crippen molar-refractivity contribution in [3.63, 3.8) is 0 Å². The van der Waals surface area contributed by atoms with Gasteiger partial charge in [-0.05, 0) is 19.1 Å². The fourth-order valence-corrected chi connectivity index (χ4v) is 0.802. The Kier molecular flexibility index (Phi) is 3.44. The summed E-state index contributed by atoms with van der Waals surface area (Å²) in [5.41, 5.74) is 2.19. The molecule has 0 aromatic carbocycles. The Balaban J connectivity index is 2.42. The Morgan fingerprint density at radius 2 is 2.57 bits per heavy atom. The number of nitrogens with one attached hydrogen (secondary N) is 1. The quantitative estimate of drug-likeness (QED) is 0.570. The Morgan fingerprint density at radius 1 is 1.79 bits per heavy atom. The van der Waals surface area contributed by atoms with Crippen LogP contribution in [-0.2, 0) is 4.79 Å². The molecule has 0 unspecified atom stereocenters. The van der Waals surface area contributed by atoms with Gasteiger partial charge in [0, 0.05) is 0 Å². The first-order valence-electron chi connectivity index (χ1n) is 3.97. The number of nitriles is 1. The molecule has 1 rings (SSSR count). The van der Waals surface area contributed by atoms with Gasteiger partial charge in [0.15, 0.2) is 0 Å². The second kappa shape index (κ2) is 4.82. The fourth-order valence-electron chi connectivity index (χ4n) is 0.802. The number of hydrazone groups is 1. The van der Waals surface area contributed by atoms with Crippen molar-refractivity contribution in [1.29, 1.82) is 5.26 Å². The molecule has 72 valence electrons. The van der Waals surface area contributed by atoms with Gasteiger partial charge < -0.3 is 4.42 Å². The summed E-state index contributed by atoms with van der Waals surface area (Å²) in [5.74, 6) is 0.890. The standard InChI is InChI=1S/C9H9N3O2/c1-7-2-3-8(14-7)6-11-12-9(13)4-5-10/h2-3,6H,4H2,1H3,(H,12,13)/b11-6-. The Morgan fingerprint density at radius 3 is 3.14 bits per heavy atom. The molecule has 1 heterocycles. The lowest BCUT2D eigenvalue weighted by molar-refractivity contribution is -0.120. The molecule has 0 radical (unpaired) electrons. The normalized spacial score (nSPS) is 10.0. The predicted molar refractivity (Wildman–Crippen MR) is 49.4 cm³/mol. The summed E-state index contributed by atoms with van der Waals surface area (Å²) < 4.78 is 5.16. The third kappa shape index (κ3) is 3.11. The van der Waals surface area contributed by atoms with Crippen LogP contribution in [-0.4, -0.2) is 12.1 Å². The third-order valence-corrected chi connectivity index (χ3v) is 1.38. The van der Waals surface area contributed by atoms with Crippen molar-refractivity contribution < 1.29 is 9.21 Å². The number of furan rings is 1. The van der Waals surface area contributed by atoms with E-state index in [1.54, 1.807) is 18.2 Å². The van der Waals surface area contributed by atoms with Crippen molar-refractivity contribution >= 4 is 12.1 Å². The number of hydrogen-bond acceptors (Lipinski definition) is 4. The summed E-state index contributed by atoms with van der Waals surface area (Å²) in [7, 11) is 0. The molecule has 1 amide bonds. The van der Waals surface area contributed by atoms with Crippen LogP contribution in [0.25, 0.3) is 0 Å². The number of amides is 1. The lowest BCUT2D eigenvalue weighted by Gasteiger charge is -1.91. The van der Waals surface area contributed by atoms with E-state index in [0.717, 1.165) is 5.76 Å². The minimum atomic E-state index is -0.438. The van der Waals surface area contributed by atoms with Crippen LogP contribution in [0.4, 0.5) is 0 Å². The largest absolute Gasteiger partial charge is 0.460 e. The summed E-state index contributed by atoms with van der Waals surface area (Å²) in [5, 5.41) is 11.8. The van der Waals surface area contributed by atoms with Gasteiger partial charge in [0.2, 0.25) is 0 Å². The zero-order chi connectivity index (χ0) is 10.4. The molecule has 0 fully saturated rings. The van der Waals surface area contributed by atoms with Crippen molar-refractivity contribution in [2.45, 2.75) is 13.3 Å². The van der Waals surface area contributed by atoms with Gasteiger partial charge in [-0.1, -0.05) is 0 Å². The highest BCUT2D eigenvalue weighted by atomic mass is 16.3. The second-order valence-corrected chi connectivity index (χ2v) is 2.58. The molecule has 0 saturated heterocycles. The number of hydrogen-bond donors (Lipinski definition) is 1. The molecular formula is C9H9N3O2. The molecule has 0 aliphatic carbocycles. The number of carbonyl (C=O) groups excluding carboxylic acids is 1. The van der Waals surface area contributed by atoms with Gasteiger partial charge in [0.1, 0.15) is 17.9 Å². The molecule has 0 atom stereocenters. The van der Waals surface area contributed by atoms with Crippen molar-refractivity contribution in [1.82, 2.24) is 5.43 Å². The van der Waals surface area contributed by atoms with Crippen molar-refractivity contribution in [2.24, 2.45) is 5.10 Å². The topological polar surface area (TPSA) is 78.4 Å². The van der Waals surface area contributed by atoms with Crippen LogP contribution in [0.1, 0.15) is 17.9 Å². The molecule has 0 aliphatic rings. The Hall–Kier alpha value is -2.09. The van der Waals surface area contributed by atoms with Crippen LogP contribution >= 0.6 is 0 Å². The summed E-state index contributed by atoms with van der Waals surface area (Å²) in [6, 6.07) is 5.23. The fraction of sp³-hybridized carbons (Fsp3) is 0.222. The molecule has 14 heavy (non-hydrogen) atoms. The Labute approximate surface area is 81.0 Å². The average Bonchev–Trinajstić information content (AvgIpc) is 2.52. The Bertz CT molecular complexity index is 387. The average molecular weight is 191 g/mol. The minimum absolute atomic E-state index is 0.200. The molecule has 0 bridgehead atoms. The molecule has 0 aliphatic heterocycles. The van der Waals surface area contributed by atoms with E-state index in [4.69, 9.17) is 9.68 Å². The van der Waals surface area contributed by atoms with Crippen LogP contribution in [0.3, 0.4) is 0 Å². The zero-order valence-corrected chi connectivity index (χ0v) is 7.65. The van der Waals surface area contributed by atoms with E-state index >= 15 is 0 Å². The lowest BCUT2D eigenvalue weighted by Crippen LogP contribution is -2.15. The molecular weight excluding hydrogens is 182 g/mol. The van der Waals surface area contributed by atoms with Crippen molar-refractivity contribution in [2.75, 3.05) is 0 Å². The smallest absolute Gasteiger partial charge is 0.254 e. The van der Waals surface area contributed by atoms with E-state index < -0.39 is 5.91 Å². The van der Waals surface area contributed by atoms with Crippen LogP contribution in [0.2, 0.25) is 0 Å². The minimum Gasteiger partial charge on any atom is -0.460 e. The summed E-state index contributed by atoms with van der Waals surface area (Å²) in [4.78, 5) is 10.8. The van der Waals surface area contributed by atoms with E-state index in [2.05, 4.69) is 10.5 Å². The monoisotopic (exact) mass is 191 g/mol. The number of rotatable bonds is 3. The number of aryl methyl sites for hydroxylation is 1. The van der Waals surface area contributed by atoms with Gasteiger partial charge in [-0.15, -0.1) is 0 Å². The summed E-state index contributed by atoms with van der Waals surface area (Å²) >= 11 is 0. The van der Waals surface area contributed by atoms with Crippen molar-refractivity contribution in [3.05, 3.63) is 23.7 Å². The summed E-state index contributed by atoms with van der Waals surface area (Å²) in [6.07, 6.45) is 1.18. The van der Waals surface area contributed by atoms with Crippen molar-refractivity contribution in [3.8, 4) is 6.07 Å². The van der Waals surface area contributed by atoms with Gasteiger partial charge in [-0.25, -0.2) is 5.43 Å². The van der Waals surface area contributed by atoms with Gasteiger partial charge >= 0.3 is 0 Å². The van der Waals surface area contributed by atoms with E-state index in [0.29, 0.717) is 5.76 Å². The summed E-state index contributed by atoms with van der Waals surface area (Å²) in [6.45, 7) is 1.81. The van der Waals surface area contributed by atoms with Crippen LogP contribution in [0.5, 0.6) is 0 Å². The highest BCUT2D eigenvalue weighted by molar-refractivity contribution is 5.81. The van der Waals surface area contributed by atoms with Crippen LogP contribution in [0.15, 0.2) is 21.7 Å². The van der Waals surface area contributed by atoms with E-state index in [1.807, 2.05) is 6.92 Å². The first kappa shape index (κ1) is 9.99. The highest BCUT2D eigenvalue weighted by Gasteiger charge is 1.96. The van der Waals surface area contributed by atoms with E-state index in [-0.39, 0.29) is 6.42 Å². The highest BCUT2D eigenvalue weighted by Crippen LogP contribution is 2.02. The predicted octanol–water partition coefficient (Wildman–Crippen LogP) is 0.952. The van der Waals surface area contributed by atoms with Gasteiger partial charge in [-0.2, -0.15) is 10.4 Å². The van der Waals surface area contributed by atoms with Gasteiger partial charge in [0.25, 0.3) is 5.91 Å². The van der Waals surface area contributed by atoms with Gasteiger partial charge in [-0.3, -0.25) is 4.79 Å². The van der Waals surface area contributed by atoms with E-state index in [9.17, 15) is 4.79 Å². The van der Waals surface area contributed by atoms with Crippen LogP contribution in [0, 0.1) is 18.3 Å². The number of carbonyl (C=O) groups is 1. The maximum Gasteiger partial charge on any atom is 0.254 e. The molecule has 5 heteroatoms.